The number of fused-ring (bicyclic) bond motifs is 1. The summed E-state index contributed by atoms with van der Waals surface area (Å²) < 4.78 is 20.7. The first-order valence-corrected chi connectivity index (χ1v) is 12.2. The van der Waals surface area contributed by atoms with Gasteiger partial charge < -0.3 is 20.8 Å². The van der Waals surface area contributed by atoms with E-state index in [2.05, 4.69) is 20.3 Å². The highest BCUT2D eigenvalue weighted by Gasteiger charge is 2.16. The number of nitrogens with zero attached hydrogens (tertiary/aromatic N) is 3. The second kappa shape index (κ2) is 10.2. The molecule has 3 aromatic heterocycles. The lowest BCUT2D eigenvalue weighted by Gasteiger charge is -2.10. The molecule has 0 spiro atoms. The van der Waals surface area contributed by atoms with E-state index in [1.807, 2.05) is 30.5 Å². The zero-order valence-electron chi connectivity index (χ0n) is 20.8. The number of anilines is 2. The molecule has 0 atom stereocenters. The molecule has 0 fully saturated rings. The Hall–Kier alpha value is -5.77. The van der Waals surface area contributed by atoms with E-state index < -0.39 is 17.3 Å². The van der Waals surface area contributed by atoms with Gasteiger partial charge in [-0.05, 0) is 78.4 Å². The number of ether oxygens (including phenoxy) is 1. The fourth-order valence-corrected chi connectivity index (χ4v) is 4.33. The third-order valence-electron chi connectivity index (χ3n) is 6.26. The number of aromatic amines is 1. The Morgan fingerprint density at radius 2 is 1.77 bits per heavy atom. The molecule has 0 aliphatic heterocycles. The summed E-state index contributed by atoms with van der Waals surface area (Å²) in [7, 11) is 0. The van der Waals surface area contributed by atoms with Crippen LogP contribution in [0.1, 0.15) is 10.4 Å². The first-order valence-electron chi connectivity index (χ1n) is 12.2. The van der Waals surface area contributed by atoms with Crippen molar-refractivity contribution < 1.29 is 13.9 Å². The highest BCUT2D eigenvalue weighted by molar-refractivity contribution is 6.04. The van der Waals surface area contributed by atoms with Gasteiger partial charge in [0.15, 0.2) is 0 Å². The molecule has 0 unspecified atom stereocenters. The van der Waals surface area contributed by atoms with E-state index in [0.29, 0.717) is 39.7 Å². The summed E-state index contributed by atoms with van der Waals surface area (Å²) >= 11 is 0. The smallest absolute Gasteiger partial charge is 0.267 e. The maximum Gasteiger partial charge on any atom is 0.267 e. The number of nitrogens with two attached hydrogens (primary N) is 1. The SMILES string of the molecule is Nc1cccc(-c2c[nH]c3ncnc(Oc4ccc(NC(=O)c5cccn(-c6ccc(F)cc6)c5=O)cc4)c23)c1. The number of benzene rings is 3. The van der Waals surface area contributed by atoms with Crippen molar-refractivity contribution in [3.05, 3.63) is 125 Å². The molecule has 0 aliphatic rings. The van der Waals surface area contributed by atoms with E-state index in [4.69, 9.17) is 10.5 Å². The van der Waals surface area contributed by atoms with Gasteiger partial charge in [-0.1, -0.05) is 12.1 Å². The Labute approximate surface area is 226 Å². The van der Waals surface area contributed by atoms with Crippen LogP contribution in [0.2, 0.25) is 0 Å². The van der Waals surface area contributed by atoms with Crippen LogP contribution in [0, 0.1) is 5.82 Å². The van der Waals surface area contributed by atoms with Crippen molar-refractivity contribution >= 4 is 28.3 Å². The Balaban J connectivity index is 1.22. The molecule has 3 heterocycles. The van der Waals surface area contributed by atoms with Crippen molar-refractivity contribution in [1.82, 2.24) is 19.5 Å². The van der Waals surface area contributed by atoms with Crippen LogP contribution in [0.5, 0.6) is 11.6 Å². The van der Waals surface area contributed by atoms with Crippen molar-refractivity contribution in [3.63, 3.8) is 0 Å². The fraction of sp³-hybridized carbons (Fsp3) is 0. The second-order valence-corrected chi connectivity index (χ2v) is 8.88. The number of hydrogen-bond donors (Lipinski definition) is 3. The van der Waals surface area contributed by atoms with Gasteiger partial charge in [-0.25, -0.2) is 14.4 Å². The van der Waals surface area contributed by atoms with E-state index >= 15 is 0 Å². The topological polar surface area (TPSA) is 128 Å². The van der Waals surface area contributed by atoms with E-state index in [1.165, 1.54) is 47.4 Å². The molecule has 3 aromatic carbocycles. The van der Waals surface area contributed by atoms with E-state index in [1.54, 1.807) is 30.3 Å². The van der Waals surface area contributed by atoms with Crippen LogP contribution in [0.4, 0.5) is 15.8 Å². The van der Waals surface area contributed by atoms with Gasteiger partial charge in [-0.3, -0.25) is 14.2 Å². The normalized spacial score (nSPS) is 10.9. The van der Waals surface area contributed by atoms with Crippen LogP contribution in [-0.2, 0) is 0 Å². The number of rotatable bonds is 6. The highest BCUT2D eigenvalue weighted by atomic mass is 19.1. The summed E-state index contributed by atoms with van der Waals surface area (Å²) in [5.41, 5.74) is 9.27. The highest BCUT2D eigenvalue weighted by Crippen LogP contribution is 2.35. The van der Waals surface area contributed by atoms with E-state index in [9.17, 15) is 14.0 Å². The lowest BCUT2D eigenvalue weighted by molar-refractivity contribution is 0.102. The molecule has 6 rings (SSSR count). The van der Waals surface area contributed by atoms with E-state index in [0.717, 1.165) is 11.1 Å². The Morgan fingerprint density at radius 3 is 2.55 bits per heavy atom. The Bertz CT molecular complexity index is 1910. The monoisotopic (exact) mass is 532 g/mol. The summed E-state index contributed by atoms with van der Waals surface area (Å²) in [6.45, 7) is 0. The van der Waals surface area contributed by atoms with Crippen molar-refractivity contribution in [2.45, 2.75) is 0 Å². The first-order chi connectivity index (χ1) is 19.5. The third-order valence-corrected chi connectivity index (χ3v) is 6.26. The molecule has 0 saturated carbocycles. The predicted molar refractivity (Wildman–Crippen MR) is 150 cm³/mol. The van der Waals surface area contributed by atoms with Gasteiger partial charge in [0.1, 0.15) is 29.1 Å². The maximum absolute atomic E-state index is 13.3. The number of nitrogens with one attached hydrogen (secondary N) is 2. The van der Waals surface area contributed by atoms with Crippen molar-refractivity contribution in [1.29, 1.82) is 0 Å². The van der Waals surface area contributed by atoms with Gasteiger partial charge >= 0.3 is 0 Å². The van der Waals surface area contributed by atoms with Gasteiger partial charge in [0, 0.05) is 35.0 Å². The molecule has 1 amide bonds. The minimum atomic E-state index is -0.577. The molecule has 40 heavy (non-hydrogen) atoms. The standard InChI is InChI=1S/C30H21FN6O3/c31-19-6-10-22(11-7-19)37-14-2-5-24(30(37)39)28(38)36-21-8-12-23(13-9-21)40-29-26-25(16-33-27(26)34-17-35-29)18-3-1-4-20(32)15-18/h1-17H,32H2,(H,36,38)(H,33,34,35). The molecule has 0 bridgehead atoms. The first kappa shape index (κ1) is 24.6. The van der Waals surface area contributed by atoms with Crippen LogP contribution >= 0.6 is 0 Å². The van der Waals surface area contributed by atoms with Crippen LogP contribution in [0.15, 0.2) is 108 Å². The van der Waals surface area contributed by atoms with Crippen molar-refractivity contribution in [3.8, 4) is 28.4 Å². The molecular weight excluding hydrogens is 511 g/mol. The summed E-state index contributed by atoms with van der Waals surface area (Å²) in [4.78, 5) is 37.6. The number of halogens is 1. The largest absolute Gasteiger partial charge is 0.438 e. The fourth-order valence-electron chi connectivity index (χ4n) is 4.33. The van der Waals surface area contributed by atoms with Gasteiger partial charge in [-0.15, -0.1) is 0 Å². The van der Waals surface area contributed by atoms with Crippen LogP contribution in [0.3, 0.4) is 0 Å². The number of carbonyl (C=O) groups excluding carboxylic acids is 1. The molecule has 0 saturated heterocycles. The number of aromatic nitrogens is 4. The van der Waals surface area contributed by atoms with Crippen LogP contribution in [0.25, 0.3) is 27.8 Å². The molecule has 196 valence electrons. The minimum Gasteiger partial charge on any atom is -0.438 e. The van der Waals surface area contributed by atoms with Crippen LogP contribution < -0.4 is 21.3 Å². The summed E-state index contributed by atoms with van der Waals surface area (Å²) in [5, 5.41) is 3.43. The summed E-state index contributed by atoms with van der Waals surface area (Å²) in [5.74, 6) is -0.161. The zero-order valence-corrected chi connectivity index (χ0v) is 20.8. The summed E-state index contributed by atoms with van der Waals surface area (Å²) in [6.07, 6.45) is 4.75. The van der Waals surface area contributed by atoms with Gasteiger partial charge in [0.25, 0.3) is 11.5 Å². The molecular formula is C30H21FN6O3. The van der Waals surface area contributed by atoms with Gasteiger partial charge in [0.05, 0.1) is 5.39 Å². The number of amides is 1. The number of nitrogen functional groups attached to an aromatic ring is 1. The average molecular weight is 533 g/mol. The average Bonchev–Trinajstić information content (AvgIpc) is 3.40. The molecule has 0 aliphatic carbocycles. The Kier molecular flexibility index (Phi) is 6.25. The van der Waals surface area contributed by atoms with Gasteiger partial charge in [0.2, 0.25) is 5.88 Å². The molecule has 6 aromatic rings. The molecule has 9 nitrogen and oxygen atoms in total. The third kappa shape index (κ3) is 4.76. The van der Waals surface area contributed by atoms with Crippen LogP contribution in [-0.4, -0.2) is 25.4 Å². The molecule has 0 radical (unpaired) electrons. The Morgan fingerprint density at radius 1 is 0.975 bits per heavy atom. The quantitative estimate of drug-likeness (QED) is 0.242. The van der Waals surface area contributed by atoms with Crippen molar-refractivity contribution in [2.75, 3.05) is 11.1 Å². The number of carbonyl (C=O) groups is 1. The lowest BCUT2D eigenvalue weighted by Crippen LogP contribution is -2.27. The predicted octanol–water partition coefficient (Wildman–Crippen LogP) is 5.54. The minimum absolute atomic E-state index is 0.0583. The zero-order chi connectivity index (χ0) is 27.6. The number of hydrogen-bond acceptors (Lipinski definition) is 6. The molecule has 4 N–H and O–H groups in total. The van der Waals surface area contributed by atoms with Gasteiger partial charge in [-0.2, -0.15) is 0 Å². The lowest BCUT2D eigenvalue weighted by atomic mass is 10.1. The second-order valence-electron chi connectivity index (χ2n) is 8.88. The number of pyridine rings is 1. The van der Waals surface area contributed by atoms with E-state index in [-0.39, 0.29) is 5.56 Å². The van der Waals surface area contributed by atoms with Crippen molar-refractivity contribution in [2.24, 2.45) is 0 Å². The maximum atomic E-state index is 13.3. The number of H-pyrrole nitrogens is 1. The summed E-state index contributed by atoms with van der Waals surface area (Å²) in [6, 6.07) is 22.6. The molecule has 10 heteroatoms.